The maximum Gasteiger partial charge on any atom is 0.326 e. The Morgan fingerprint density at radius 1 is 1.40 bits per heavy atom. The molecule has 1 rings (SSSR count). The average molecular weight is 299 g/mol. The van der Waals surface area contributed by atoms with Crippen LogP contribution < -0.4 is 5.32 Å². The Hall–Kier alpha value is -1.50. The Morgan fingerprint density at radius 2 is 2.05 bits per heavy atom. The molecule has 0 aliphatic heterocycles. The van der Waals surface area contributed by atoms with E-state index < -0.39 is 12.0 Å². The average Bonchev–Trinajstić information content (AvgIpc) is 2.61. The first-order chi connectivity index (χ1) is 9.36. The number of carboxylic acid groups (broad SMARTS) is 1. The molecule has 0 aliphatic carbocycles. The molecule has 0 aliphatic rings. The lowest BCUT2D eigenvalue weighted by molar-refractivity contribution is -0.142. The van der Waals surface area contributed by atoms with E-state index in [2.05, 4.69) is 10.4 Å². The second-order valence-corrected chi connectivity index (χ2v) is 5.68. The minimum absolute atomic E-state index is 0.0452. The van der Waals surface area contributed by atoms with Gasteiger partial charge in [0.2, 0.25) is 5.91 Å². The third-order valence-electron chi connectivity index (χ3n) is 3.28. The molecule has 0 bridgehead atoms. The zero-order chi connectivity index (χ0) is 15.3. The van der Waals surface area contributed by atoms with Crippen molar-refractivity contribution in [1.29, 1.82) is 0 Å². The van der Waals surface area contributed by atoms with Gasteiger partial charge in [-0.2, -0.15) is 16.9 Å². The van der Waals surface area contributed by atoms with E-state index in [0.29, 0.717) is 12.2 Å². The van der Waals surface area contributed by atoms with Crippen molar-refractivity contribution in [2.75, 3.05) is 12.0 Å². The van der Waals surface area contributed by atoms with Crippen molar-refractivity contribution in [2.45, 2.75) is 39.8 Å². The summed E-state index contributed by atoms with van der Waals surface area (Å²) >= 11 is 1.55. The summed E-state index contributed by atoms with van der Waals surface area (Å²) < 4.78 is 1.60. The highest BCUT2D eigenvalue weighted by molar-refractivity contribution is 7.98. The van der Waals surface area contributed by atoms with Crippen molar-refractivity contribution in [3.05, 3.63) is 17.0 Å². The third kappa shape index (κ3) is 4.26. The van der Waals surface area contributed by atoms with Crippen LogP contribution in [0.5, 0.6) is 0 Å². The van der Waals surface area contributed by atoms with Gasteiger partial charge in [-0.25, -0.2) is 4.79 Å². The van der Waals surface area contributed by atoms with Crippen LogP contribution in [0, 0.1) is 20.8 Å². The van der Waals surface area contributed by atoms with E-state index in [9.17, 15) is 9.59 Å². The quantitative estimate of drug-likeness (QED) is 0.788. The molecular formula is C13H21N3O3S. The molecule has 0 fully saturated rings. The van der Waals surface area contributed by atoms with E-state index >= 15 is 0 Å². The number of aromatic nitrogens is 2. The second kappa shape index (κ2) is 7.33. The Labute approximate surface area is 122 Å². The summed E-state index contributed by atoms with van der Waals surface area (Å²) in [6.07, 6.45) is 2.32. The van der Waals surface area contributed by atoms with E-state index in [1.54, 1.807) is 16.4 Å². The molecule has 1 amide bonds. The summed E-state index contributed by atoms with van der Waals surface area (Å²) in [6, 6.07) is -0.840. The predicted molar refractivity (Wildman–Crippen MR) is 79.0 cm³/mol. The van der Waals surface area contributed by atoms with Gasteiger partial charge >= 0.3 is 5.97 Å². The van der Waals surface area contributed by atoms with E-state index in [1.807, 2.05) is 27.0 Å². The fraction of sp³-hybridized carbons (Fsp3) is 0.615. The van der Waals surface area contributed by atoms with Crippen molar-refractivity contribution in [2.24, 2.45) is 0 Å². The number of amides is 1. The molecule has 0 radical (unpaired) electrons. The van der Waals surface area contributed by atoms with Gasteiger partial charge in [0.05, 0.1) is 5.69 Å². The molecule has 20 heavy (non-hydrogen) atoms. The maximum atomic E-state index is 11.9. The molecule has 2 N–H and O–H groups in total. The Morgan fingerprint density at radius 3 is 2.50 bits per heavy atom. The monoisotopic (exact) mass is 299 g/mol. The molecule has 1 heterocycles. The topological polar surface area (TPSA) is 84.2 Å². The molecular weight excluding hydrogens is 278 g/mol. The van der Waals surface area contributed by atoms with Crippen molar-refractivity contribution in [3.8, 4) is 0 Å². The minimum atomic E-state index is -1.00. The predicted octanol–water partition coefficient (Wildman–Crippen LogP) is 1.13. The number of aliphatic carboxylic acids is 1. The van der Waals surface area contributed by atoms with E-state index in [0.717, 1.165) is 17.0 Å². The number of rotatable bonds is 7. The summed E-state index contributed by atoms with van der Waals surface area (Å²) in [4.78, 5) is 23.0. The van der Waals surface area contributed by atoms with Crippen LogP contribution in [0.2, 0.25) is 0 Å². The fourth-order valence-electron chi connectivity index (χ4n) is 1.81. The number of hydrogen-bond donors (Lipinski definition) is 2. The van der Waals surface area contributed by atoms with Crippen LogP contribution in [-0.2, 0) is 16.1 Å². The molecule has 1 aromatic heterocycles. The first-order valence-corrected chi connectivity index (χ1v) is 7.78. The Bertz CT molecular complexity index is 499. The summed E-state index contributed by atoms with van der Waals surface area (Å²) in [7, 11) is 0. The van der Waals surface area contributed by atoms with Crippen LogP contribution in [0.25, 0.3) is 0 Å². The maximum absolute atomic E-state index is 11.9. The van der Waals surface area contributed by atoms with Crippen molar-refractivity contribution < 1.29 is 14.7 Å². The van der Waals surface area contributed by atoms with Gasteiger partial charge in [0.1, 0.15) is 12.6 Å². The van der Waals surface area contributed by atoms with Gasteiger partial charge in [-0.3, -0.25) is 9.48 Å². The Balaban J connectivity index is 2.65. The molecule has 0 saturated heterocycles. The van der Waals surface area contributed by atoms with Gasteiger partial charge in [-0.05, 0) is 44.8 Å². The van der Waals surface area contributed by atoms with Crippen LogP contribution >= 0.6 is 11.8 Å². The summed E-state index contributed by atoms with van der Waals surface area (Å²) in [5, 5.41) is 15.9. The van der Waals surface area contributed by atoms with Gasteiger partial charge in [-0.15, -0.1) is 0 Å². The van der Waals surface area contributed by atoms with E-state index in [4.69, 9.17) is 5.11 Å². The summed E-state index contributed by atoms with van der Waals surface area (Å²) in [6.45, 7) is 5.77. The first-order valence-electron chi connectivity index (χ1n) is 6.38. The van der Waals surface area contributed by atoms with Gasteiger partial charge in [-0.1, -0.05) is 0 Å². The molecule has 1 atom stereocenters. The number of carbonyl (C=O) groups is 2. The number of hydrogen-bond acceptors (Lipinski definition) is 4. The number of nitrogens with zero attached hydrogens (tertiary/aromatic N) is 2. The number of aryl methyl sites for hydroxylation is 1. The molecule has 0 aromatic carbocycles. The molecule has 0 spiro atoms. The van der Waals surface area contributed by atoms with Crippen molar-refractivity contribution in [3.63, 3.8) is 0 Å². The highest BCUT2D eigenvalue weighted by atomic mass is 32.2. The Kier molecular flexibility index (Phi) is 6.06. The van der Waals surface area contributed by atoms with E-state index in [-0.39, 0.29) is 12.5 Å². The minimum Gasteiger partial charge on any atom is -0.480 e. The van der Waals surface area contributed by atoms with Gasteiger partial charge in [0.25, 0.3) is 0 Å². The fourth-order valence-corrected chi connectivity index (χ4v) is 2.28. The summed E-state index contributed by atoms with van der Waals surface area (Å²) in [5.41, 5.74) is 2.86. The molecule has 112 valence electrons. The van der Waals surface area contributed by atoms with Gasteiger partial charge < -0.3 is 10.4 Å². The lowest BCUT2D eigenvalue weighted by Crippen LogP contribution is -2.42. The van der Waals surface area contributed by atoms with Crippen LogP contribution in [0.15, 0.2) is 0 Å². The third-order valence-corrected chi connectivity index (χ3v) is 3.92. The highest BCUT2D eigenvalue weighted by Crippen LogP contribution is 2.10. The first kappa shape index (κ1) is 16.6. The smallest absolute Gasteiger partial charge is 0.326 e. The zero-order valence-electron chi connectivity index (χ0n) is 12.3. The van der Waals surface area contributed by atoms with Crippen molar-refractivity contribution >= 4 is 23.6 Å². The number of carboxylic acids is 1. The van der Waals surface area contributed by atoms with Gasteiger partial charge in [0.15, 0.2) is 0 Å². The number of carbonyl (C=O) groups excluding carboxylic acids is 1. The van der Waals surface area contributed by atoms with Crippen molar-refractivity contribution in [1.82, 2.24) is 15.1 Å². The van der Waals surface area contributed by atoms with Crippen LogP contribution in [-0.4, -0.2) is 44.8 Å². The standard InChI is InChI=1S/C13H21N3O3S/c1-8-9(2)15-16(10(8)3)7-12(17)14-11(13(18)19)5-6-20-4/h11H,5-7H2,1-4H3,(H,14,17)(H,18,19)/t11-/m0/s1. The number of nitrogens with one attached hydrogen (secondary N) is 1. The van der Waals surface area contributed by atoms with Crippen LogP contribution in [0.4, 0.5) is 0 Å². The van der Waals surface area contributed by atoms with Crippen LogP contribution in [0.1, 0.15) is 23.4 Å². The molecule has 0 saturated carbocycles. The molecule has 0 unspecified atom stereocenters. The lowest BCUT2D eigenvalue weighted by atomic mass is 10.2. The SMILES string of the molecule is CSCC[C@H](NC(=O)Cn1nc(C)c(C)c1C)C(=O)O. The van der Waals surface area contributed by atoms with Crippen LogP contribution in [0.3, 0.4) is 0 Å². The summed E-state index contributed by atoms with van der Waals surface area (Å²) in [5.74, 6) is -0.642. The second-order valence-electron chi connectivity index (χ2n) is 4.69. The normalized spacial score (nSPS) is 12.2. The number of thioether (sulfide) groups is 1. The lowest BCUT2D eigenvalue weighted by Gasteiger charge is -2.14. The highest BCUT2D eigenvalue weighted by Gasteiger charge is 2.20. The van der Waals surface area contributed by atoms with Gasteiger partial charge in [0, 0.05) is 5.69 Å². The molecule has 7 heteroatoms. The van der Waals surface area contributed by atoms with E-state index in [1.165, 1.54) is 0 Å². The molecule has 6 nitrogen and oxygen atoms in total. The largest absolute Gasteiger partial charge is 0.480 e. The zero-order valence-corrected chi connectivity index (χ0v) is 13.1. The molecule has 1 aromatic rings.